The molecule has 0 N–H and O–H groups in total. The molecule has 0 spiro atoms. The van der Waals surface area contributed by atoms with E-state index in [-0.39, 0.29) is 24.5 Å². The number of aromatic nitrogens is 3. The Hall–Kier alpha value is -3.55. The third-order valence-electron chi connectivity index (χ3n) is 4.03. The van der Waals surface area contributed by atoms with E-state index >= 15 is 0 Å². The number of ether oxygens (including phenoxy) is 2. The Morgan fingerprint density at radius 1 is 1.07 bits per heavy atom. The van der Waals surface area contributed by atoms with Gasteiger partial charge in [0.2, 0.25) is 0 Å². The molecule has 0 saturated heterocycles. The zero-order valence-electron chi connectivity index (χ0n) is 15.3. The van der Waals surface area contributed by atoms with Crippen LogP contribution in [0.5, 0.6) is 5.75 Å². The van der Waals surface area contributed by atoms with Crippen LogP contribution in [0.1, 0.15) is 30.1 Å². The predicted octanol–water partition coefficient (Wildman–Crippen LogP) is 2.35. The first-order chi connectivity index (χ1) is 13.5. The minimum atomic E-state index is -0.461. The predicted molar refractivity (Wildman–Crippen MR) is 101 cm³/mol. The van der Waals surface area contributed by atoms with Crippen LogP contribution in [0, 0.1) is 0 Å². The summed E-state index contributed by atoms with van der Waals surface area (Å²) in [5.74, 6) is 0.151. The molecule has 2 aromatic carbocycles. The molecule has 0 atom stereocenters. The molecule has 0 radical (unpaired) electrons. The molecule has 0 aliphatic carbocycles. The Bertz CT molecular complexity index is 1040. The van der Waals surface area contributed by atoms with E-state index in [4.69, 9.17) is 9.47 Å². The van der Waals surface area contributed by atoms with Crippen LogP contribution in [-0.2, 0) is 16.3 Å². The van der Waals surface area contributed by atoms with Crippen molar-refractivity contribution in [3.8, 4) is 5.75 Å². The molecule has 0 amide bonds. The zero-order chi connectivity index (χ0) is 19.9. The second-order valence-electron chi connectivity index (χ2n) is 6.09. The van der Waals surface area contributed by atoms with Crippen LogP contribution in [0.25, 0.3) is 10.9 Å². The van der Waals surface area contributed by atoms with E-state index in [1.54, 1.807) is 48.5 Å². The lowest BCUT2D eigenvalue weighted by Gasteiger charge is -2.08. The van der Waals surface area contributed by atoms with E-state index in [0.717, 1.165) is 4.68 Å². The van der Waals surface area contributed by atoms with Gasteiger partial charge in [-0.05, 0) is 49.7 Å². The molecule has 8 nitrogen and oxygen atoms in total. The first kappa shape index (κ1) is 19.2. The van der Waals surface area contributed by atoms with Crippen LogP contribution in [-0.4, -0.2) is 33.4 Å². The van der Waals surface area contributed by atoms with Gasteiger partial charge < -0.3 is 9.47 Å². The average molecular weight is 381 g/mol. The van der Waals surface area contributed by atoms with E-state index < -0.39 is 5.97 Å². The van der Waals surface area contributed by atoms with Gasteiger partial charge in [0.15, 0.2) is 12.5 Å². The maximum absolute atomic E-state index is 12.3. The monoisotopic (exact) mass is 381 g/mol. The summed E-state index contributed by atoms with van der Waals surface area (Å²) in [6.07, 6.45) is 0.590. The second-order valence-corrected chi connectivity index (χ2v) is 6.09. The Labute approximate surface area is 160 Å². The first-order valence-corrected chi connectivity index (χ1v) is 8.76. The third kappa shape index (κ3) is 4.79. The number of hydrogen-bond acceptors (Lipinski definition) is 7. The van der Waals surface area contributed by atoms with Crippen molar-refractivity contribution in [1.29, 1.82) is 0 Å². The maximum Gasteiger partial charge on any atom is 0.307 e. The molecule has 0 saturated carbocycles. The summed E-state index contributed by atoms with van der Waals surface area (Å²) in [5.41, 5.74) is 0.738. The largest absolute Gasteiger partial charge is 0.494 e. The Morgan fingerprint density at radius 3 is 2.57 bits per heavy atom. The van der Waals surface area contributed by atoms with E-state index in [1.165, 1.54) is 6.92 Å². The quantitative estimate of drug-likeness (QED) is 0.335. The number of fused-ring (bicyclic) bond motifs is 1. The van der Waals surface area contributed by atoms with Crippen molar-refractivity contribution in [2.75, 3.05) is 6.61 Å². The molecule has 8 heteroatoms. The molecular formula is C20H19N3O5. The molecule has 1 heterocycles. The number of carbonyl (C=O) groups is 2. The normalized spacial score (nSPS) is 10.6. The number of nitrogens with zero attached hydrogens (tertiary/aromatic N) is 3. The summed E-state index contributed by atoms with van der Waals surface area (Å²) in [7, 11) is 0. The first-order valence-electron chi connectivity index (χ1n) is 8.76. The number of esters is 1. The number of carbonyl (C=O) groups excluding carboxylic acids is 2. The number of Topliss-reactive ketones (excluding diaryl/α,β-unsaturated/α-hetero) is 1. The molecule has 28 heavy (non-hydrogen) atoms. The Balaban J connectivity index is 1.43. The number of hydrogen-bond donors (Lipinski definition) is 0. The molecule has 0 aliphatic rings. The summed E-state index contributed by atoms with van der Waals surface area (Å²) in [6.45, 7) is 1.53. The summed E-state index contributed by atoms with van der Waals surface area (Å²) < 4.78 is 11.6. The summed E-state index contributed by atoms with van der Waals surface area (Å²) in [6, 6.07) is 13.6. The molecule has 0 fully saturated rings. The lowest BCUT2D eigenvalue weighted by Crippen LogP contribution is -2.26. The van der Waals surface area contributed by atoms with Crippen LogP contribution in [0.15, 0.2) is 53.3 Å². The van der Waals surface area contributed by atoms with Crippen LogP contribution >= 0.6 is 0 Å². The van der Waals surface area contributed by atoms with Crippen molar-refractivity contribution < 1.29 is 19.1 Å². The van der Waals surface area contributed by atoms with Gasteiger partial charge in [-0.1, -0.05) is 17.3 Å². The van der Waals surface area contributed by atoms with Crippen molar-refractivity contribution >= 4 is 22.7 Å². The van der Waals surface area contributed by atoms with Gasteiger partial charge in [-0.25, -0.2) is 0 Å². The topological polar surface area (TPSA) is 100 Å². The maximum atomic E-state index is 12.3. The fourth-order valence-corrected chi connectivity index (χ4v) is 2.51. The highest BCUT2D eigenvalue weighted by molar-refractivity contribution is 5.94. The molecule has 1 aromatic heterocycles. The lowest BCUT2D eigenvalue weighted by atomic mass is 10.1. The fraction of sp³-hybridized carbons (Fsp3) is 0.250. The molecule has 0 aliphatic heterocycles. The highest BCUT2D eigenvalue weighted by Crippen LogP contribution is 2.13. The minimum Gasteiger partial charge on any atom is -0.494 e. The van der Waals surface area contributed by atoms with Gasteiger partial charge in [0.1, 0.15) is 11.3 Å². The number of ketones is 1. The van der Waals surface area contributed by atoms with E-state index in [9.17, 15) is 14.4 Å². The summed E-state index contributed by atoms with van der Waals surface area (Å²) >= 11 is 0. The molecule has 0 bridgehead atoms. The number of benzene rings is 2. The van der Waals surface area contributed by atoms with Crippen LogP contribution in [0.2, 0.25) is 0 Å². The molecule has 144 valence electrons. The van der Waals surface area contributed by atoms with Crippen molar-refractivity contribution in [3.63, 3.8) is 0 Å². The van der Waals surface area contributed by atoms with Gasteiger partial charge in [0.25, 0.3) is 5.56 Å². The second kappa shape index (κ2) is 8.90. The molecule has 3 rings (SSSR count). The van der Waals surface area contributed by atoms with E-state index in [2.05, 4.69) is 10.3 Å². The van der Waals surface area contributed by atoms with Gasteiger partial charge in [0, 0.05) is 12.0 Å². The van der Waals surface area contributed by atoms with Gasteiger partial charge >= 0.3 is 5.97 Å². The standard InChI is InChI=1S/C20H19N3O5/c1-14(24)15-8-10-16(11-9-15)27-12-4-7-19(25)28-13-23-20(26)17-5-2-3-6-18(17)21-22-23/h2-3,5-6,8-11H,4,7,12-13H2,1H3. The SMILES string of the molecule is CC(=O)c1ccc(OCCCC(=O)OCn2nnc3ccccc3c2=O)cc1. The van der Waals surface area contributed by atoms with Gasteiger partial charge in [0.05, 0.1) is 12.0 Å². The zero-order valence-corrected chi connectivity index (χ0v) is 15.3. The fourth-order valence-electron chi connectivity index (χ4n) is 2.51. The molecular weight excluding hydrogens is 362 g/mol. The van der Waals surface area contributed by atoms with E-state index in [0.29, 0.717) is 35.2 Å². The van der Waals surface area contributed by atoms with Gasteiger partial charge in [-0.3, -0.25) is 14.4 Å². The Kier molecular flexibility index (Phi) is 6.11. The third-order valence-corrected chi connectivity index (χ3v) is 4.03. The number of rotatable bonds is 8. The van der Waals surface area contributed by atoms with Gasteiger partial charge in [-0.2, -0.15) is 4.68 Å². The van der Waals surface area contributed by atoms with Crippen molar-refractivity contribution in [2.24, 2.45) is 0 Å². The smallest absolute Gasteiger partial charge is 0.307 e. The lowest BCUT2D eigenvalue weighted by molar-refractivity contribution is -0.148. The van der Waals surface area contributed by atoms with Crippen LogP contribution in [0.3, 0.4) is 0 Å². The van der Waals surface area contributed by atoms with E-state index in [1.807, 2.05) is 0 Å². The van der Waals surface area contributed by atoms with Crippen molar-refractivity contribution in [2.45, 2.75) is 26.5 Å². The van der Waals surface area contributed by atoms with Gasteiger partial charge in [-0.15, -0.1) is 5.10 Å². The summed E-state index contributed by atoms with van der Waals surface area (Å²) in [4.78, 5) is 35.3. The van der Waals surface area contributed by atoms with Crippen LogP contribution in [0.4, 0.5) is 0 Å². The minimum absolute atomic E-state index is 0.00972. The highest BCUT2D eigenvalue weighted by atomic mass is 16.5. The van der Waals surface area contributed by atoms with Crippen molar-refractivity contribution in [1.82, 2.24) is 15.0 Å². The molecule has 3 aromatic rings. The highest BCUT2D eigenvalue weighted by Gasteiger charge is 2.08. The average Bonchev–Trinajstić information content (AvgIpc) is 2.71. The van der Waals surface area contributed by atoms with Crippen LogP contribution < -0.4 is 10.3 Å². The molecule has 0 unspecified atom stereocenters. The Morgan fingerprint density at radius 2 is 1.82 bits per heavy atom. The van der Waals surface area contributed by atoms with Crippen molar-refractivity contribution in [3.05, 3.63) is 64.4 Å². The summed E-state index contributed by atoms with van der Waals surface area (Å²) in [5, 5.41) is 8.10.